The molecule has 2 aliphatic heterocycles. The van der Waals surface area contributed by atoms with Gasteiger partial charge in [-0.2, -0.15) is 5.26 Å². The first kappa shape index (κ1) is 22.8. The van der Waals surface area contributed by atoms with Crippen molar-refractivity contribution >= 4 is 17.9 Å². The molecule has 0 saturated carbocycles. The fourth-order valence-electron chi connectivity index (χ4n) is 5.37. The maximum Gasteiger partial charge on any atom is 0.269 e. The Morgan fingerprint density at radius 2 is 2.06 bits per heavy atom. The SMILES string of the molecule is Cc1c(N2CCC(Oc3cccc(C#N)c3)CC2)nnc(C(N)=O)c1[C@H]1CCC=C2C=CC=N[C@@H]21. The molecule has 1 saturated heterocycles. The van der Waals surface area contributed by atoms with E-state index in [0.29, 0.717) is 5.56 Å². The Morgan fingerprint density at radius 3 is 2.83 bits per heavy atom. The minimum atomic E-state index is -0.555. The minimum absolute atomic E-state index is 0.0289. The number of benzene rings is 1. The van der Waals surface area contributed by atoms with Crippen molar-refractivity contribution < 1.29 is 9.53 Å². The van der Waals surface area contributed by atoms with Gasteiger partial charge in [0.1, 0.15) is 11.9 Å². The van der Waals surface area contributed by atoms with Crippen LogP contribution < -0.4 is 15.4 Å². The van der Waals surface area contributed by atoms with Crippen LogP contribution in [0.2, 0.25) is 0 Å². The number of piperidine rings is 1. The average Bonchev–Trinajstić information content (AvgIpc) is 2.89. The van der Waals surface area contributed by atoms with Crippen molar-refractivity contribution in [2.24, 2.45) is 10.7 Å². The number of amides is 1. The van der Waals surface area contributed by atoms with Crippen LogP contribution in [0.15, 0.2) is 53.1 Å². The Kier molecular flexibility index (Phi) is 6.32. The highest BCUT2D eigenvalue weighted by Gasteiger charge is 2.35. The highest BCUT2D eigenvalue weighted by atomic mass is 16.5. The summed E-state index contributed by atoms with van der Waals surface area (Å²) in [4.78, 5) is 19.3. The average molecular weight is 469 g/mol. The number of allylic oxidation sites excluding steroid dienone is 2. The van der Waals surface area contributed by atoms with Crippen LogP contribution in [-0.4, -0.2) is 47.6 Å². The molecule has 1 aliphatic carbocycles. The Labute approximate surface area is 204 Å². The maximum absolute atomic E-state index is 12.3. The molecule has 0 radical (unpaired) electrons. The highest BCUT2D eigenvalue weighted by molar-refractivity contribution is 5.93. The Balaban J connectivity index is 1.37. The predicted octanol–water partition coefficient (Wildman–Crippen LogP) is 3.62. The third-order valence-electron chi connectivity index (χ3n) is 7.05. The molecular weight excluding hydrogens is 440 g/mol. The molecule has 0 spiro atoms. The number of carbonyl (C=O) groups is 1. The van der Waals surface area contributed by atoms with E-state index in [1.807, 2.05) is 31.3 Å². The van der Waals surface area contributed by atoms with Crippen molar-refractivity contribution in [3.05, 3.63) is 70.5 Å². The van der Waals surface area contributed by atoms with E-state index >= 15 is 0 Å². The number of fused-ring (bicyclic) bond motifs is 1. The van der Waals surface area contributed by atoms with Gasteiger partial charge in [0.15, 0.2) is 11.5 Å². The van der Waals surface area contributed by atoms with E-state index in [1.54, 1.807) is 12.1 Å². The first-order chi connectivity index (χ1) is 17.0. The second-order valence-corrected chi connectivity index (χ2v) is 9.21. The summed E-state index contributed by atoms with van der Waals surface area (Å²) in [7, 11) is 0. The molecule has 1 fully saturated rings. The zero-order chi connectivity index (χ0) is 24.4. The quantitative estimate of drug-likeness (QED) is 0.716. The van der Waals surface area contributed by atoms with Gasteiger partial charge in [-0.3, -0.25) is 9.79 Å². The summed E-state index contributed by atoms with van der Waals surface area (Å²) in [6.45, 7) is 3.53. The maximum atomic E-state index is 12.3. The number of hydrogen-bond donors (Lipinski definition) is 1. The van der Waals surface area contributed by atoms with Gasteiger partial charge >= 0.3 is 0 Å². The summed E-state index contributed by atoms with van der Waals surface area (Å²) in [5.41, 5.74) is 9.58. The number of dihydropyridines is 1. The monoisotopic (exact) mass is 468 g/mol. The number of ether oxygens (including phenoxy) is 1. The lowest BCUT2D eigenvalue weighted by molar-refractivity contribution is 0.0992. The van der Waals surface area contributed by atoms with E-state index in [9.17, 15) is 4.79 Å². The molecule has 2 aromatic rings. The molecule has 3 aliphatic rings. The molecule has 3 heterocycles. The Hall–Kier alpha value is -3.99. The molecule has 1 amide bonds. The third-order valence-corrected chi connectivity index (χ3v) is 7.05. The molecule has 0 unspecified atom stereocenters. The molecule has 178 valence electrons. The fraction of sp³-hybridized carbons (Fsp3) is 0.370. The van der Waals surface area contributed by atoms with Crippen LogP contribution in [-0.2, 0) is 0 Å². The number of aromatic nitrogens is 2. The first-order valence-electron chi connectivity index (χ1n) is 12.0. The van der Waals surface area contributed by atoms with Crippen molar-refractivity contribution in [3.8, 4) is 11.8 Å². The van der Waals surface area contributed by atoms with Crippen molar-refractivity contribution in [2.45, 2.75) is 50.7 Å². The van der Waals surface area contributed by atoms with Crippen molar-refractivity contribution in [1.82, 2.24) is 10.2 Å². The van der Waals surface area contributed by atoms with Gasteiger partial charge in [0.05, 0.1) is 17.7 Å². The lowest BCUT2D eigenvalue weighted by Crippen LogP contribution is -2.40. The molecule has 8 nitrogen and oxygen atoms in total. The predicted molar refractivity (Wildman–Crippen MR) is 134 cm³/mol. The minimum Gasteiger partial charge on any atom is -0.490 e. The third kappa shape index (κ3) is 4.54. The van der Waals surface area contributed by atoms with E-state index in [2.05, 4.69) is 33.3 Å². The van der Waals surface area contributed by atoms with Crippen LogP contribution in [0.1, 0.15) is 58.8 Å². The second kappa shape index (κ2) is 9.71. The number of carbonyl (C=O) groups excluding carboxylic acids is 1. The van der Waals surface area contributed by atoms with Gasteiger partial charge in [-0.05, 0) is 60.7 Å². The van der Waals surface area contributed by atoms with Crippen LogP contribution in [0.3, 0.4) is 0 Å². The lowest BCUT2D eigenvalue weighted by atomic mass is 9.77. The summed E-state index contributed by atoms with van der Waals surface area (Å²) in [5, 5.41) is 17.9. The fourth-order valence-corrected chi connectivity index (χ4v) is 5.37. The Morgan fingerprint density at radius 1 is 1.23 bits per heavy atom. The zero-order valence-electron chi connectivity index (χ0n) is 19.7. The number of anilines is 1. The summed E-state index contributed by atoms with van der Waals surface area (Å²) in [6.07, 6.45) is 11.6. The number of nitrogens with zero attached hydrogens (tertiary/aromatic N) is 5. The van der Waals surface area contributed by atoms with Crippen molar-refractivity contribution in [2.75, 3.05) is 18.0 Å². The number of nitriles is 1. The van der Waals surface area contributed by atoms with Crippen molar-refractivity contribution in [1.29, 1.82) is 5.26 Å². The van der Waals surface area contributed by atoms with Gasteiger partial charge < -0.3 is 15.4 Å². The van der Waals surface area contributed by atoms with Gasteiger partial charge in [0.2, 0.25) is 0 Å². The van der Waals surface area contributed by atoms with Gasteiger partial charge in [0.25, 0.3) is 5.91 Å². The molecule has 2 atom stereocenters. The molecule has 5 rings (SSSR count). The van der Waals surface area contributed by atoms with Gasteiger partial charge in [-0.1, -0.05) is 18.2 Å². The van der Waals surface area contributed by atoms with Crippen LogP contribution in [0, 0.1) is 18.3 Å². The van der Waals surface area contributed by atoms with E-state index in [0.717, 1.165) is 61.5 Å². The molecule has 1 aromatic carbocycles. The molecular formula is C27H28N6O2. The zero-order valence-corrected chi connectivity index (χ0v) is 19.7. The smallest absolute Gasteiger partial charge is 0.269 e. The molecule has 0 bridgehead atoms. The van der Waals surface area contributed by atoms with E-state index in [4.69, 9.17) is 20.7 Å². The normalized spacial score (nSPS) is 21.7. The number of primary amides is 1. The summed E-state index contributed by atoms with van der Waals surface area (Å²) >= 11 is 0. The van der Waals surface area contributed by atoms with E-state index in [-0.39, 0.29) is 23.8 Å². The summed E-state index contributed by atoms with van der Waals surface area (Å²) in [5.74, 6) is 0.984. The van der Waals surface area contributed by atoms with Gasteiger partial charge in [-0.15, -0.1) is 10.2 Å². The number of nitrogens with two attached hydrogens (primary N) is 1. The molecule has 2 N–H and O–H groups in total. The number of hydrogen-bond acceptors (Lipinski definition) is 7. The van der Waals surface area contributed by atoms with Crippen LogP contribution in [0.4, 0.5) is 5.82 Å². The van der Waals surface area contributed by atoms with Crippen LogP contribution >= 0.6 is 0 Å². The second-order valence-electron chi connectivity index (χ2n) is 9.21. The molecule has 8 heteroatoms. The first-order valence-corrected chi connectivity index (χ1v) is 12.0. The standard InChI is InChI=1S/C27H28N6O2/c1-17-23(22-9-3-6-19-7-4-12-30-24(19)22)25(26(29)34)31-32-27(17)33-13-10-20(11-14-33)35-21-8-2-5-18(15-21)16-28/h2,4-8,12,15,20,22,24H,3,9-11,13-14H2,1H3,(H2,29,34)/t22-,24+/m1/s1. The topological polar surface area (TPSA) is 117 Å². The van der Waals surface area contributed by atoms with Gasteiger partial charge in [0, 0.05) is 38.1 Å². The lowest BCUT2D eigenvalue weighted by Gasteiger charge is -2.36. The molecule has 35 heavy (non-hydrogen) atoms. The summed E-state index contributed by atoms with van der Waals surface area (Å²) in [6, 6.07) is 9.37. The van der Waals surface area contributed by atoms with Crippen molar-refractivity contribution in [3.63, 3.8) is 0 Å². The van der Waals surface area contributed by atoms with E-state index < -0.39 is 5.91 Å². The number of aliphatic imine (C=N–C) groups is 1. The summed E-state index contributed by atoms with van der Waals surface area (Å²) < 4.78 is 6.14. The van der Waals surface area contributed by atoms with Gasteiger partial charge in [-0.25, -0.2) is 0 Å². The van der Waals surface area contributed by atoms with Crippen LogP contribution in [0.25, 0.3) is 0 Å². The highest BCUT2D eigenvalue weighted by Crippen LogP contribution is 2.41. The van der Waals surface area contributed by atoms with E-state index in [1.165, 1.54) is 5.57 Å². The molecule has 1 aromatic heterocycles. The Bertz CT molecular complexity index is 1270. The number of rotatable bonds is 5. The van der Waals surface area contributed by atoms with Crippen LogP contribution in [0.5, 0.6) is 5.75 Å². The largest absolute Gasteiger partial charge is 0.490 e.